The van der Waals surface area contributed by atoms with Crippen LogP contribution in [0, 0.1) is 11.3 Å². The molecule has 15 heavy (non-hydrogen) atoms. The van der Waals surface area contributed by atoms with E-state index in [0.717, 1.165) is 18.7 Å². The summed E-state index contributed by atoms with van der Waals surface area (Å²) in [6.45, 7) is 1.49. The fraction of sp³-hybridized carbons (Fsp3) is 0.364. The molecule has 3 nitrogen and oxygen atoms in total. The van der Waals surface area contributed by atoms with Crippen molar-refractivity contribution in [1.82, 2.24) is 0 Å². The van der Waals surface area contributed by atoms with Gasteiger partial charge in [-0.2, -0.15) is 5.26 Å². The summed E-state index contributed by atoms with van der Waals surface area (Å²) in [6.07, 6.45) is 0.907. The lowest BCUT2D eigenvalue weighted by molar-refractivity contribution is 0.198. The molecule has 1 rings (SSSR count). The number of nitrogens with zero attached hydrogens (tertiary/aromatic N) is 1. The number of benzene rings is 1. The summed E-state index contributed by atoms with van der Waals surface area (Å²) < 4.78 is 4.93. The third-order valence-electron chi connectivity index (χ3n) is 1.94. The van der Waals surface area contributed by atoms with E-state index in [9.17, 15) is 0 Å². The Morgan fingerprint density at radius 1 is 1.53 bits per heavy atom. The first kappa shape index (κ1) is 11.8. The molecule has 80 valence electrons. The Hall–Kier alpha value is -1.24. The van der Waals surface area contributed by atoms with E-state index in [-0.39, 0.29) is 0 Å². The number of nitriles is 1. The predicted octanol–water partition coefficient (Wildman–Crippen LogP) is 2.66. The van der Waals surface area contributed by atoms with E-state index in [0.29, 0.717) is 17.2 Å². The van der Waals surface area contributed by atoms with Gasteiger partial charge in [0.25, 0.3) is 0 Å². The highest BCUT2D eigenvalue weighted by Crippen LogP contribution is 2.19. The number of halogens is 1. The molecule has 0 saturated heterocycles. The van der Waals surface area contributed by atoms with E-state index >= 15 is 0 Å². The van der Waals surface area contributed by atoms with Crippen molar-refractivity contribution in [3.8, 4) is 6.07 Å². The number of rotatable bonds is 5. The quantitative estimate of drug-likeness (QED) is 0.783. The molecule has 0 aliphatic heterocycles. The van der Waals surface area contributed by atoms with Gasteiger partial charge in [-0.1, -0.05) is 11.6 Å². The van der Waals surface area contributed by atoms with Gasteiger partial charge in [0.05, 0.1) is 11.3 Å². The molecule has 0 aromatic heterocycles. The zero-order valence-electron chi connectivity index (χ0n) is 8.59. The molecule has 0 radical (unpaired) electrons. The van der Waals surface area contributed by atoms with E-state index in [1.54, 1.807) is 19.2 Å². The zero-order chi connectivity index (χ0) is 11.1. The predicted molar refractivity (Wildman–Crippen MR) is 61.1 cm³/mol. The van der Waals surface area contributed by atoms with Gasteiger partial charge < -0.3 is 10.1 Å². The molecule has 0 aliphatic rings. The van der Waals surface area contributed by atoms with Crippen molar-refractivity contribution in [3.63, 3.8) is 0 Å². The molecule has 4 heteroatoms. The number of hydrogen-bond acceptors (Lipinski definition) is 3. The molecule has 0 bridgehead atoms. The van der Waals surface area contributed by atoms with E-state index in [1.165, 1.54) is 0 Å². The lowest BCUT2D eigenvalue weighted by Crippen LogP contribution is -2.05. The lowest BCUT2D eigenvalue weighted by atomic mass is 10.2. The van der Waals surface area contributed by atoms with Crippen LogP contribution in [0.4, 0.5) is 5.69 Å². The zero-order valence-corrected chi connectivity index (χ0v) is 9.34. The summed E-state index contributed by atoms with van der Waals surface area (Å²) >= 11 is 5.78. The van der Waals surface area contributed by atoms with Gasteiger partial charge in [-0.05, 0) is 24.6 Å². The van der Waals surface area contributed by atoms with Crippen LogP contribution < -0.4 is 5.32 Å². The molecule has 0 heterocycles. The van der Waals surface area contributed by atoms with Crippen LogP contribution in [0.15, 0.2) is 18.2 Å². The summed E-state index contributed by atoms with van der Waals surface area (Å²) in [5, 5.41) is 12.6. The second kappa shape index (κ2) is 6.28. The molecule has 1 aromatic rings. The Morgan fingerprint density at radius 2 is 2.33 bits per heavy atom. The number of nitrogens with one attached hydrogen (secondary N) is 1. The maximum atomic E-state index is 8.87. The molecule has 0 saturated carbocycles. The summed E-state index contributed by atoms with van der Waals surface area (Å²) in [7, 11) is 1.67. The highest BCUT2D eigenvalue weighted by atomic mass is 35.5. The second-order valence-electron chi connectivity index (χ2n) is 3.07. The SMILES string of the molecule is COCCCNc1ccc(Cl)cc1C#N. The first-order valence-electron chi connectivity index (χ1n) is 4.70. The summed E-state index contributed by atoms with van der Waals surface area (Å²) in [4.78, 5) is 0. The minimum atomic E-state index is 0.569. The number of methoxy groups -OCH3 is 1. The van der Waals surface area contributed by atoms with Gasteiger partial charge in [0.2, 0.25) is 0 Å². The second-order valence-corrected chi connectivity index (χ2v) is 3.51. The average Bonchev–Trinajstić information content (AvgIpc) is 2.26. The molecule has 1 N–H and O–H groups in total. The van der Waals surface area contributed by atoms with Crippen LogP contribution in [0.5, 0.6) is 0 Å². The molecule has 0 atom stereocenters. The van der Waals surface area contributed by atoms with Crippen LogP contribution in [0.2, 0.25) is 5.02 Å². The first-order valence-corrected chi connectivity index (χ1v) is 5.08. The third-order valence-corrected chi connectivity index (χ3v) is 2.18. The van der Waals surface area contributed by atoms with Crippen LogP contribution in [0.25, 0.3) is 0 Å². The highest BCUT2D eigenvalue weighted by molar-refractivity contribution is 6.30. The van der Waals surface area contributed by atoms with Crippen LogP contribution in [0.3, 0.4) is 0 Å². The smallest absolute Gasteiger partial charge is 0.101 e. The molecule has 0 fully saturated rings. The number of ether oxygens (including phenoxy) is 1. The Labute approximate surface area is 94.6 Å². The van der Waals surface area contributed by atoms with E-state index in [2.05, 4.69) is 11.4 Å². The largest absolute Gasteiger partial charge is 0.385 e. The van der Waals surface area contributed by atoms with E-state index < -0.39 is 0 Å². The monoisotopic (exact) mass is 224 g/mol. The lowest BCUT2D eigenvalue weighted by Gasteiger charge is -2.07. The summed E-state index contributed by atoms with van der Waals surface area (Å²) in [5.41, 5.74) is 1.39. The van der Waals surface area contributed by atoms with Crippen molar-refractivity contribution in [2.75, 3.05) is 25.6 Å². The van der Waals surface area contributed by atoms with Crippen molar-refractivity contribution in [2.24, 2.45) is 0 Å². The minimum absolute atomic E-state index is 0.569. The summed E-state index contributed by atoms with van der Waals surface area (Å²) in [5.74, 6) is 0. The third kappa shape index (κ3) is 3.78. The van der Waals surface area contributed by atoms with Crippen molar-refractivity contribution in [1.29, 1.82) is 5.26 Å². The molecule has 1 aromatic carbocycles. The van der Waals surface area contributed by atoms with Crippen molar-refractivity contribution >= 4 is 17.3 Å². The molecule has 0 unspecified atom stereocenters. The molecule has 0 aliphatic carbocycles. The first-order chi connectivity index (χ1) is 7.27. The fourth-order valence-corrected chi connectivity index (χ4v) is 1.37. The Balaban J connectivity index is 2.57. The number of anilines is 1. The van der Waals surface area contributed by atoms with E-state index in [1.807, 2.05) is 6.07 Å². The van der Waals surface area contributed by atoms with E-state index in [4.69, 9.17) is 21.6 Å². The van der Waals surface area contributed by atoms with Crippen molar-refractivity contribution in [3.05, 3.63) is 28.8 Å². The maximum absolute atomic E-state index is 8.87. The molecular weight excluding hydrogens is 212 g/mol. The van der Waals surface area contributed by atoms with Crippen LogP contribution >= 0.6 is 11.6 Å². The minimum Gasteiger partial charge on any atom is -0.385 e. The van der Waals surface area contributed by atoms with Gasteiger partial charge in [-0.15, -0.1) is 0 Å². The van der Waals surface area contributed by atoms with Gasteiger partial charge >= 0.3 is 0 Å². The van der Waals surface area contributed by atoms with Gasteiger partial charge in [0.1, 0.15) is 6.07 Å². The van der Waals surface area contributed by atoms with Crippen LogP contribution in [-0.4, -0.2) is 20.3 Å². The van der Waals surface area contributed by atoms with Gasteiger partial charge in [-0.3, -0.25) is 0 Å². The highest BCUT2D eigenvalue weighted by Gasteiger charge is 2.01. The summed E-state index contributed by atoms with van der Waals surface area (Å²) in [6, 6.07) is 7.33. The Bertz CT molecular complexity index is 360. The molecular formula is C11H13ClN2O. The maximum Gasteiger partial charge on any atom is 0.101 e. The van der Waals surface area contributed by atoms with Crippen molar-refractivity contribution in [2.45, 2.75) is 6.42 Å². The number of hydrogen-bond donors (Lipinski definition) is 1. The van der Waals surface area contributed by atoms with Gasteiger partial charge in [-0.25, -0.2) is 0 Å². The van der Waals surface area contributed by atoms with Crippen molar-refractivity contribution < 1.29 is 4.74 Å². The average molecular weight is 225 g/mol. The Morgan fingerprint density at radius 3 is 3.00 bits per heavy atom. The van der Waals surface area contributed by atoms with Gasteiger partial charge in [0.15, 0.2) is 0 Å². The van der Waals surface area contributed by atoms with Crippen LogP contribution in [0.1, 0.15) is 12.0 Å². The Kier molecular flexibility index (Phi) is 4.96. The van der Waals surface area contributed by atoms with Crippen LogP contribution in [-0.2, 0) is 4.74 Å². The normalized spacial score (nSPS) is 9.67. The molecule has 0 spiro atoms. The van der Waals surface area contributed by atoms with Gasteiger partial charge in [0, 0.05) is 25.3 Å². The fourth-order valence-electron chi connectivity index (χ4n) is 1.20. The topological polar surface area (TPSA) is 45.0 Å². The standard InChI is InChI=1S/C11H13ClN2O/c1-15-6-2-5-14-11-4-3-10(12)7-9(11)8-13/h3-4,7,14H,2,5-6H2,1H3. The molecule has 0 amide bonds.